The summed E-state index contributed by atoms with van der Waals surface area (Å²) in [5, 5.41) is 18.6. The van der Waals surface area contributed by atoms with E-state index in [2.05, 4.69) is 41.4 Å². The third-order valence-corrected chi connectivity index (χ3v) is 5.82. The molecule has 0 fully saturated rings. The molecule has 1 unspecified atom stereocenters. The predicted octanol–water partition coefficient (Wildman–Crippen LogP) is 4.44. The summed E-state index contributed by atoms with van der Waals surface area (Å²) in [5.41, 5.74) is 2.83. The molecular formula is C27H24N2O4. The fourth-order valence-corrected chi connectivity index (χ4v) is 4.35. The number of aliphatic carboxylic acids is 2. The van der Waals surface area contributed by atoms with Crippen LogP contribution in [0.3, 0.4) is 0 Å². The van der Waals surface area contributed by atoms with Gasteiger partial charge < -0.3 is 14.8 Å². The van der Waals surface area contributed by atoms with Gasteiger partial charge >= 0.3 is 11.9 Å². The van der Waals surface area contributed by atoms with Crippen LogP contribution >= 0.6 is 0 Å². The summed E-state index contributed by atoms with van der Waals surface area (Å²) < 4.78 is 1.99. The lowest BCUT2D eigenvalue weighted by atomic mass is 9.77. The van der Waals surface area contributed by atoms with Gasteiger partial charge in [0.15, 0.2) is 0 Å². The van der Waals surface area contributed by atoms with Crippen LogP contribution in [0.2, 0.25) is 0 Å². The van der Waals surface area contributed by atoms with E-state index < -0.39 is 29.8 Å². The molecule has 0 aliphatic carbocycles. The monoisotopic (exact) mass is 440 g/mol. The molecule has 6 heteroatoms. The van der Waals surface area contributed by atoms with Crippen molar-refractivity contribution in [2.24, 2.45) is 5.92 Å². The second kappa shape index (κ2) is 9.53. The van der Waals surface area contributed by atoms with Gasteiger partial charge in [-0.3, -0.25) is 9.59 Å². The summed E-state index contributed by atoms with van der Waals surface area (Å²) in [4.78, 5) is 27.2. The minimum absolute atomic E-state index is 0.0308. The molecule has 0 saturated carbocycles. The second-order valence-electron chi connectivity index (χ2n) is 7.92. The SMILES string of the molecule is O=C(O)CC(Cc1cn(C(c2ccccc2)(c2ccccc2)c2ccccc2)cn1)C(=O)O. The minimum Gasteiger partial charge on any atom is -0.481 e. The zero-order valence-corrected chi connectivity index (χ0v) is 17.9. The average molecular weight is 440 g/mol. The van der Waals surface area contributed by atoms with Gasteiger partial charge in [-0.1, -0.05) is 91.0 Å². The van der Waals surface area contributed by atoms with Crippen molar-refractivity contribution in [3.05, 3.63) is 126 Å². The molecule has 0 aliphatic heterocycles. The third kappa shape index (κ3) is 4.41. The number of carboxylic acids is 2. The Labute approximate surface area is 191 Å². The van der Waals surface area contributed by atoms with E-state index in [0.717, 1.165) is 16.7 Å². The molecule has 0 bridgehead atoms. The summed E-state index contributed by atoms with van der Waals surface area (Å²) in [6, 6.07) is 30.2. The summed E-state index contributed by atoms with van der Waals surface area (Å²) in [7, 11) is 0. The maximum Gasteiger partial charge on any atom is 0.307 e. The van der Waals surface area contributed by atoms with E-state index in [1.54, 1.807) is 6.33 Å². The van der Waals surface area contributed by atoms with E-state index in [0.29, 0.717) is 5.69 Å². The number of rotatable bonds is 9. The first-order valence-electron chi connectivity index (χ1n) is 10.7. The fourth-order valence-electron chi connectivity index (χ4n) is 4.35. The van der Waals surface area contributed by atoms with Gasteiger partial charge in [-0.2, -0.15) is 0 Å². The highest BCUT2D eigenvalue weighted by molar-refractivity contribution is 5.77. The molecule has 4 aromatic rings. The van der Waals surface area contributed by atoms with Crippen LogP contribution in [0.25, 0.3) is 0 Å². The molecule has 0 amide bonds. The lowest BCUT2D eigenvalue weighted by Gasteiger charge is -2.37. The van der Waals surface area contributed by atoms with Crippen LogP contribution in [0.4, 0.5) is 0 Å². The maximum atomic E-state index is 11.6. The number of aromatic nitrogens is 2. The predicted molar refractivity (Wildman–Crippen MR) is 124 cm³/mol. The highest BCUT2D eigenvalue weighted by Gasteiger charge is 2.38. The highest BCUT2D eigenvalue weighted by atomic mass is 16.4. The van der Waals surface area contributed by atoms with E-state index in [1.807, 2.05) is 65.4 Å². The molecule has 166 valence electrons. The Balaban J connectivity index is 1.90. The quantitative estimate of drug-likeness (QED) is 0.375. The van der Waals surface area contributed by atoms with Gasteiger partial charge in [0.25, 0.3) is 0 Å². The largest absolute Gasteiger partial charge is 0.481 e. The molecule has 1 atom stereocenters. The topological polar surface area (TPSA) is 92.4 Å². The number of carboxylic acid groups (broad SMARTS) is 2. The first-order chi connectivity index (χ1) is 16.0. The van der Waals surface area contributed by atoms with Crippen LogP contribution in [-0.4, -0.2) is 31.7 Å². The van der Waals surface area contributed by atoms with Crippen LogP contribution in [-0.2, 0) is 21.5 Å². The van der Waals surface area contributed by atoms with Crippen LogP contribution in [0.15, 0.2) is 104 Å². The van der Waals surface area contributed by atoms with Crippen LogP contribution in [0.1, 0.15) is 28.8 Å². The second-order valence-corrected chi connectivity index (χ2v) is 7.92. The molecule has 4 rings (SSSR count). The Morgan fingerprint density at radius 2 is 1.24 bits per heavy atom. The molecule has 33 heavy (non-hydrogen) atoms. The van der Waals surface area contributed by atoms with Crippen molar-refractivity contribution >= 4 is 11.9 Å². The third-order valence-electron chi connectivity index (χ3n) is 5.82. The highest BCUT2D eigenvalue weighted by Crippen LogP contribution is 2.40. The molecule has 3 aromatic carbocycles. The Bertz CT molecular complexity index is 1120. The van der Waals surface area contributed by atoms with Crippen molar-refractivity contribution in [1.82, 2.24) is 9.55 Å². The van der Waals surface area contributed by atoms with Gasteiger partial charge in [-0.05, 0) is 16.7 Å². The molecule has 1 heterocycles. The van der Waals surface area contributed by atoms with Crippen molar-refractivity contribution in [2.45, 2.75) is 18.4 Å². The Kier molecular flexibility index (Phi) is 6.36. The fraction of sp³-hybridized carbons (Fsp3) is 0.148. The van der Waals surface area contributed by atoms with Crippen LogP contribution < -0.4 is 0 Å². The van der Waals surface area contributed by atoms with E-state index >= 15 is 0 Å². The number of hydrogen-bond acceptors (Lipinski definition) is 3. The van der Waals surface area contributed by atoms with Crippen molar-refractivity contribution < 1.29 is 19.8 Å². The lowest BCUT2D eigenvalue weighted by molar-refractivity contribution is -0.148. The summed E-state index contributed by atoms with van der Waals surface area (Å²) in [6.45, 7) is 0. The van der Waals surface area contributed by atoms with E-state index in [-0.39, 0.29) is 6.42 Å². The lowest BCUT2D eigenvalue weighted by Crippen LogP contribution is -2.37. The normalized spacial score (nSPS) is 12.2. The van der Waals surface area contributed by atoms with Gasteiger partial charge in [0.2, 0.25) is 0 Å². The number of hydrogen-bond donors (Lipinski definition) is 2. The summed E-state index contributed by atoms with van der Waals surface area (Å²) >= 11 is 0. The van der Waals surface area contributed by atoms with Crippen LogP contribution in [0.5, 0.6) is 0 Å². The molecular weight excluding hydrogens is 416 g/mol. The van der Waals surface area contributed by atoms with Crippen molar-refractivity contribution in [1.29, 1.82) is 0 Å². The maximum absolute atomic E-state index is 11.6. The average Bonchev–Trinajstić information content (AvgIpc) is 3.30. The van der Waals surface area contributed by atoms with Crippen molar-refractivity contribution in [2.75, 3.05) is 0 Å². The molecule has 2 N–H and O–H groups in total. The van der Waals surface area contributed by atoms with Crippen molar-refractivity contribution in [3.8, 4) is 0 Å². The van der Waals surface area contributed by atoms with Gasteiger partial charge in [0, 0.05) is 12.6 Å². The molecule has 6 nitrogen and oxygen atoms in total. The first-order valence-corrected chi connectivity index (χ1v) is 10.7. The molecule has 0 radical (unpaired) electrons. The number of imidazole rings is 1. The summed E-state index contributed by atoms with van der Waals surface area (Å²) in [5.74, 6) is -3.34. The van der Waals surface area contributed by atoms with E-state index in [9.17, 15) is 14.7 Å². The molecule has 1 aromatic heterocycles. The Morgan fingerprint density at radius 1 is 0.788 bits per heavy atom. The number of carbonyl (C=O) groups is 2. The van der Waals surface area contributed by atoms with Gasteiger partial charge in [-0.25, -0.2) is 4.98 Å². The zero-order chi connectivity index (χ0) is 23.3. The first kappa shape index (κ1) is 22.0. The van der Waals surface area contributed by atoms with E-state index in [1.165, 1.54) is 0 Å². The van der Waals surface area contributed by atoms with E-state index in [4.69, 9.17) is 5.11 Å². The minimum atomic E-state index is -1.15. The number of nitrogens with zero attached hydrogens (tertiary/aromatic N) is 2. The Morgan fingerprint density at radius 3 is 1.64 bits per heavy atom. The molecule has 0 saturated heterocycles. The van der Waals surface area contributed by atoms with Crippen molar-refractivity contribution in [3.63, 3.8) is 0 Å². The Hall–Kier alpha value is -4.19. The van der Waals surface area contributed by atoms with Gasteiger partial charge in [0.1, 0.15) is 5.54 Å². The molecule has 0 spiro atoms. The zero-order valence-electron chi connectivity index (χ0n) is 17.9. The standard InChI is InChI=1S/C27H24N2O4/c30-25(31)17-20(26(32)33)16-24-18-29(19-28-24)27(21-10-4-1-5-11-21,22-12-6-2-7-13-22)23-14-8-3-9-15-23/h1-15,18-20H,16-17H2,(H,30,31)(H,32,33). The summed E-state index contributed by atoms with van der Waals surface area (Å²) in [6.07, 6.45) is 3.10. The smallest absolute Gasteiger partial charge is 0.307 e. The van der Waals surface area contributed by atoms with Gasteiger partial charge in [0.05, 0.1) is 24.4 Å². The molecule has 0 aliphatic rings. The van der Waals surface area contributed by atoms with Crippen LogP contribution in [0, 0.1) is 5.92 Å². The number of benzene rings is 3. The van der Waals surface area contributed by atoms with Gasteiger partial charge in [-0.15, -0.1) is 0 Å².